The van der Waals surface area contributed by atoms with Crippen LogP contribution in [0, 0.1) is 5.92 Å². The summed E-state index contributed by atoms with van der Waals surface area (Å²) in [5.41, 5.74) is 4.06. The highest BCUT2D eigenvalue weighted by Gasteiger charge is 2.31. The number of anilines is 1. The van der Waals surface area contributed by atoms with Crippen molar-refractivity contribution in [3.8, 4) is 11.4 Å². The van der Waals surface area contributed by atoms with E-state index in [0.717, 1.165) is 49.8 Å². The number of hydrogen-bond acceptors (Lipinski definition) is 5. The number of hydrogen-bond donors (Lipinski definition) is 2. The minimum absolute atomic E-state index is 0.0626. The molecular formula is C28H26F3N5O2. The van der Waals surface area contributed by atoms with Gasteiger partial charge in [0.25, 0.3) is 0 Å². The van der Waals surface area contributed by atoms with Gasteiger partial charge in [-0.1, -0.05) is 24.3 Å². The van der Waals surface area contributed by atoms with Crippen molar-refractivity contribution in [2.45, 2.75) is 57.8 Å². The molecule has 2 aliphatic carbocycles. The number of nitrogens with zero attached hydrogens (tertiary/aromatic N) is 4. The molecule has 7 nitrogen and oxygen atoms in total. The van der Waals surface area contributed by atoms with Crippen LogP contribution in [0.1, 0.15) is 59.1 Å². The van der Waals surface area contributed by atoms with Crippen LogP contribution in [0.2, 0.25) is 0 Å². The summed E-state index contributed by atoms with van der Waals surface area (Å²) >= 11 is 0. The maximum atomic E-state index is 13.2. The molecule has 0 amide bonds. The summed E-state index contributed by atoms with van der Waals surface area (Å²) in [4.78, 5) is 25.2. The minimum atomic E-state index is -4.42. The number of carbonyl (C=O) groups is 1. The number of nitrogens with one attached hydrogen (secondary N) is 1. The molecule has 6 rings (SSSR count). The van der Waals surface area contributed by atoms with Crippen molar-refractivity contribution in [3.63, 3.8) is 0 Å². The maximum Gasteiger partial charge on any atom is 0.416 e. The van der Waals surface area contributed by atoms with Crippen LogP contribution in [0.4, 0.5) is 19.0 Å². The first-order valence-corrected chi connectivity index (χ1v) is 12.7. The average molecular weight is 522 g/mol. The Morgan fingerprint density at radius 2 is 1.82 bits per heavy atom. The van der Waals surface area contributed by atoms with Crippen LogP contribution in [0.25, 0.3) is 22.6 Å². The molecule has 0 aliphatic heterocycles. The molecule has 38 heavy (non-hydrogen) atoms. The van der Waals surface area contributed by atoms with Gasteiger partial charge in [-0.2, -0.15) is 13.2 Å². The highest BCUT2D eigenvalue weighted by atomic mass is 19.4. The zero-order valence-corrected chi connectivity index (χ0v) is 20.7. The first kappa shape index (κ1) is 24.4. The van der Waals surface area contributed by atoms with Crippen molar-refractivity contribution in [1.82, 2.24) is 19.5 Å². The number of aromatic carboxylic acids is 1. The van der Waals surface area contributed by atoms with Crippen LogP contribution >= 0.6 is 0 Å². The summed E-state index contributed by atoms with van der Waals surface area (Å²) in [6.45, 7) is 2.24. The van der Waals surface area contributed by atoms with E-state index in [1.807, 2.05) is 17.6 Å². The Morgan fingerprint density at radius 1 is 1.08 bits per heavy atom. The first-order chi connectivity index (χ1) is 18.2. The van der Waals surface area contributed by atoms with E-state index in [0.29, 0.717) is 28.6 Å². The summed E-state index contributed by atoms with van der Waals surface area (Å²) in [6, 6.07) is 11.3. The smallest absolute Gasteiger partial charge is 0.416 e. The molecule has 0 saturated heterocycles. The van der Waals surface area contributed by atoms with Gasteiger partial charge in [0, 0.05) is 18.2 Å². The zero-order chi connectivity index (χ0) is 26.6. The third-order valence-corrected chi connectivity index (χ3v) is 7.47. The third kappa shape index (κ3) is 4.59. The molecule has 0 radical (unpaired) electrons. The number of benzene rings is 2. The van der Waals surface area contributed by atoms with E-state index in [1.165, 1.54) is 23.3 Å². The van der Waals surface area contributed by atoms with Gasteiger partial charge >= 0.3 is 12.1 Å². The van der Waals surface area contributed by atoms with Gasteiger partial charge in [-0.25, -0.2) is 19.7 Å². The van der Waals surface area contributed by atoms with Gasteiger partial charge < -0.3 is 15.0 Å². The Bertz CT molecular complexity index is 1540. The molecule has 2 aromatic heterocycles. The average Bonchev–Trinajstić information content (AvgIpc) is 3.52. The predicted octanol–water partition coefficient (Wildman–Crippen LogP) is 5.96. The van der Waals surface area contributed by atoms with E-state index in [9.17, 15) is 23.1 Å². The van der Waals surface area contributed by atoms with Gasteiger partial charge in [-0.05, 0) is 79.8 Å². The maximum absolute atomic E-state index is 13.2. The van der Waals surface area contributed by atoms with Crippen molar-refractivity contribution >= 4 is 23.0 Å². The standard InChI is InChI=1S/C28H26F3N5O2/c1-15(17-7-8-17)32-23-22-24(34-25(33-23)27(37)38)35-26(20-10-9-18-3-2-4-19(18)13-20)36(22)14-16-5-11-21(12-6-16)28(29,30)31/h5-6,9-13,15,17H,2-4,7-8,14H2,1H3,(H,37,38)(H,32,33,34)/t15-/m1/s1. The van der Waals surface area contributed by atoms with E-state index in [-0.39, 0.29) is 24.1 Å². The molecule has 1 fully saturated rings. The number of fused-ring (bicyclic) bond motifs is 2. The van der Waals surface area contributed by atoms with Crippen molar-refractivity contribution in [3.05, 3.63) is 70.5 Å². The fourth-order valence-corrected chi connectivity index (χ4v) is 5.23. The summed E-state index contributed by atoms with van der Waals surface area (Å²) in [5, 5.41) is 13.1. The molecular weight excluding hydrogens is 495 g/mol. The Hall–Kier alpha value is -3.95. The van der Waals surface area contributed by atoms with E-state index < -0.39 is 17.7 Å². The second kappa shape index (κ2) is 9.11. The second-order valence-electron chi connectivity index (χ2n) is 10.2. The molecule has 1 saturated carbocycles. The number of rotatable bonds is 7. The van der Waals surface area contributed by atoms with E-state index in [2.05, 4.69) is 27.4 Å². The van der Waals surface area contributed by atoms with E-state index in [4.69, 9.17) is 4.98 Å². The topological polar surface area (TPSA) is 92.9 Å². The SMILES string of the molecule is C[C@@H](Nc1nc(C(=O)O)nc2nc(-c3ccc4c(c3)CCC4)n(Cc3ccc(C(F)(F)F)cc3)c12)C1CC1. The third-order valence-electron chi connectivity index (χ3n) is 7.47. The monoisotopic (exact) mass is 521 g/mol. The van der Waals surface area contributed by atoms with Crippen molar-refractivity contribution in [2.75, 3.05) is 5.32 Å². The summed E-state index contributed by atoms with van der Waals surface area (Å²) in [5.74, 6) is -0.226. The molecule has 4 aromatic rings. The van der Waals surface area contributed by atoms with Crippen LogP contribution in [0.15, 0.2) is 42.5 Å². The first-order valence-electron chi connectivity index (χ1n) is 12.7. The zero-order valence-electron chi connectivity index (χ0n) is 20.7. The fraction of sp³-hybridized carbons (Fsp3) is 0.357. The Kier molecular flexibility index (Phi) is 5.85. The van der Waals surface area contributed by atoms with E-state index in [1.54, 1.807) is 0 Å². The molecule has 1 atom stereocenters. The quantitative estimate of drug-likeness (QED) is 0.312. The summed E-state index contributed by atoms with van der Waals surface area (Å²) < 4.78 is 41.4. The van der Waals surface area contributed by atoms with E-state index >= 15 is 0 Å². The number of aromatic nitrogens is 4. The normalized spacial score (nSPS) is 16.0. The summed E-state index contributed by atoms with van der Waals surface area (Å²) in [7, 11) is 0. The van der Waals surface area contributed by atoms with Crippen LogP contribution in [0.3, 0.4) is 0 Å². The lowest BCUT2D eigenvalue weighted by atomic mass is 10.1. The molecule has 2 N–H and O–H groups in total. The van der Waals surface area contributed by atoms with Gasteiger partial charge in [0.1, 0.15) is 11.3 Å². The van der Waals surface area contributed by atoms with Crippen LogP contribution in [-0.2, 0) is 25.6 Å². The lowest BCUT2D eigenvalue weighted by Gasteiger charge is -2.17. The van der Waals surface area contributed by atoms with Gasteiger partial charge in [0.15, 0.2) is 11.5 Å². The molecule has 196 valence electrons. The van der Waals surface area contributed by atoms with Crippen molar-refractivity contribution in [1.29, 1.82) is 0 Å². The number of carboxylic acid groups (broad SMARTS) is 1. The highest BCUT2D eigenvalue weighted by Crippen LogP contribution is 2.37. The van der Waals surface area contributed by atoms with Crippen molar-refractivity contribution < 1.29 is 23.1 Å². The molecule has 0 bridgehead atoms. The van der Waals surface area contributed by atoms with Crippen LogP contribution in [0.5, 0.6) is 0 Å². The molecule has 0 spiro atoms. The molecule has 2 heterocycles. The number of imidazole rings is 1. The Morgan fingerprint density at radius 3 is 2.50 bits per heavy atom. The largest absolute Gasteiger partial charge is 0.475 e. The number of carboxylic acids is 1. The fourth-order valence-electron chi connectivity index (χ4n) is 5.23. The second-order valence-corrected chi connectivity index (χ2v) is 10.2. The van der Waals surface area contributed by atoms with Gasteiger partial charge in [-0.15, -0.1) is 0 Å². The van der Waals surface area contributed by atoms with Crippen molar-refractivity contribution in [2.24, 2.45) is 5.92 Å². The lowest BCUT2D eigenvalue weighted by Crippen LogP contribution is -2.20. The van der Waals surface area contributed by atoms with Gasteiger partial charge in [0.05, 0.1) is 5.56 Å². The van der Waals surface area contributed by atoms with Crippen LogP contribution < -0.4 is 5.32 Å². The van der Waals surface area contributed by atoms with Crippen LogP contribution in [-0.4, -0.2) is 36.6 Å². The molecule has 10 heteroatoms. The molecule has 2 aliphatic rings. The predicted molar refractivity (Wildman–Crippen MR) is 136 cm³/mol. The number of aryl methyl sites for hydroxylation is 2. The number of halogens is 3. The Labute approximate surface area is 216 Å². The highest BCUT2D eigenvalue weighted by molar-refractivity contribution is 5.92. The summed E-state index contributed by atoms with van der Waals surface area (Å²) in [6.07, 6.45) is 0.822. The molecule has 2 aromatic carbocycles. The number of alkyl halides is 3. The van der Waals surface area contributed by atoms with Gasteiger partial charge in [-0.3, -0.25) is 0 Å². The Balaban J connectivity index is 1.52. The molecule has 0 unspecified atom stereocenters. The minimum Gasteiger partial charge on any atom is -0.475 e. The van der Waals surface area contributed by atoms with Gasteiger partial charge in [0.2, 0.25) is 5.82 Å². The lowest BCUT2D eigenvalue weighted by molar-refractivity contribution is -0.137.